The number of nitrogens with zero attached hydrogens (tertiary/aromatic N) is 1. The molecule has 1 unspecified atom stereocenters. The summed E-state index contributed by atoms with van der Waals surface area (Å²) in [6.45, 7) is 1.92. The molecule has 0 spiro atoms. The molecule has 0 N–H and O–H groups in total. The molecule has 3 aromatic rings. The predicted molar refractivity (Wildman–Crippen MR) is 94.5 cm³/mol. The number of benzene rings is 2. The molecule has 1 atom stereocenters. The Morgan fingerprint density at radius 2 is 1.68 bits per heavy atom. The van der Waals surface area contributed by atoms with Crippen molar-refractivity contribution in [3.8, 4) is 0 Å². The fourth-order valence-corrected chi connectivity index (χ4v) is 2.65. The van der Waals surface area contributed by atoms with Crippen LogP contribution in [-0.2, 0) is 4.74 Å². The minimum absolute atomic E-state index is 0.149. The average Bonchev–Trinajstić information content (AvgIpc) is 3.10. The lowest BCUT2D eigenvalue weighted by molar-refractivity contribution is 0.0599. The minimum atomic E-state index is -0.428. The Hall–Kier alpha value is -3.08. The van der Waals surface area contributed by atoms with Crippen molar-refractivity contribution in [2.24, 2.45) is 0 Å². The van der Waals surface area contributed by atoms with Gasteiger partial charge in [0.2, 0.25) is 0 Å². The Morgan fingerprint density at radius 1 is 1.04 bits per heavy atom. The van der Waals surface area contributed by atoms with E-state index in [-0.39, 0.29) is 11.9 Å². The number of carbonyl (C=O) groups excluding carboxylic acids is 2. The van der Waals surface area contributed by atoms with Crippen LogP contribution in [0, 0.1) is 0 Å². The molecule has 0 bridgehead atoms. The molecule has 1 aromatic heterocycles. The molecule has 0 aliphatic carbocycles. The Balaban J connectivity index is 1.80. The topological polar surface area (TPSA) is 59.8 Å². The quantitative estimate of drug-likeness (QED) is 0.674. The number of para-hydroxylation sites is 1. The summed E-state index contributed by atoms with van der Waals surface area (Å²) in [7, 11) is 3.05. The molecule has 25 heavy (non-hydrogen) atoms. The molecule has 1 amide bonds. The first-order chi connectivity index (χ1) is 12.0. The van der Waals surface area contributed by atoms with Crippen LogP contribution in [0.1, 0.15) is 39.4 Å². The van der Waals surface area contributed by atoms with Crippen LogP contribution < -0.4 is 0 Å². The normalized spacial score (nSPS) is 12.0. The van der Waals surface area contributed by atoms with Crippen LogP contribution in [0.3, 0.4) is 0 Å². The number of ether oxygens (including phenoxy) is 1. The second-order valence-electron chi connectivity index (χ2n) is 5.85. The van der Waals surface area contributed by atoms with Crippen LogP contribution in [0.5, 0.6) is 0 Å². The van der Waals surface area contributed by atoms with E-state index >= 15 is 0 Å². The highest BCUT2D eigenvalue weighted by Gasteiger charge is 2.22. The molecule has 0 aliphatic rings. The first-order valence-corrected chi connectivity index (χ1v) is 7.95. The molecule has 2 aromatic carbocycles. The van der Waals surface area contributed by atoms with E-state index in [0.29, 0.717) is 11.1 Å². The van der Waals surface area contributed by atoms with E-state index in [9.17, 15) is 9.59 Å². The van der Waals surface area contributed by atoms with Crippen molar-refractivity contribution < 1.29 is 18.7 Å². The summed E-state index contributed by atoms with van der Waals surface area (Å²) in [6, 6.07) is 15.9. The van der Waals surface area contributed by atoms with Gasteiger partial charge >= 0.3 is 5.97 Å². The van der Waals surface area contributed by atoms with E-state index in [4.69, 9.17) is 4.42 Å². The van der Waals surface area contributed by atoms with Gasteiger partial charge in [-0.25, -0.2) is 4.79 Å². The summed E-state index contributed by atoms with van der Waals surface area (Å²) in [4.78, 5) is 25.8. The van der Waals surface area contributed by atoms with Gasteiger partial charge in [-0.1, -0.05) is 18.2 Å². The number of rotatable bonds is 4. The third-order valence-electron chi connectivity index (χ3n) is 4.31. The number of esters is 1. The summed E-state index contributed by atoms with van der Waals surface area (Å²) in [5.74, 6) is 0.149. The van der Waals surface area contributed by atoms with Crippen molar-refractivity contribution in [1.82, 2.24) is 4.90 Å². The van der Waals surface area contributed by atoms with Gasteiger partial charge in [0.1, 0.15) is 11.3 Å². The van der Waals surface area contributed by atoms with Crippen LogP contribution >= 0.6 is 0 Å². The van der Waals surface area contributed by atoms with Gasteiger partial charge in [0.05, 0.1) is 18.7 Å². The fourth-order valence-electron chi connectivity index (χ4n) is 2.65. The van der Waals surface area contributed by atoms with Crippen molar-refractivity contribution in [2.75, 3.05) is 14.2 Å². The molecule has 0 radical (unpaired) electrons. The first kappa shape index (κ1) is 16.8. The molecule has 0 fully saturated rings. The summed E-state index contributed by atoms with van der Waals surface area (Å²) in [5, 5.41) is 1.01. The van der Waals surface area contributed by atoms with Crippen molar-refractivity contribution in [3.05, 3.63) is 71.5 Å². The van der Waals surface area contributed by atoms with Gasteiger partial charge in [0.15, 0.2) is 0 Å². The molecule has 5 heteroatoms. The van der Waals surface area contributed by atoms with Gasteiger partial charge in [-0.05, 0) is 43.3 Å². The zero-order valence-electron chi connectivity index (χ0n) is 14.4. The summed E-state index contributed by atoms with van der Waals surface area (Å²) in [5.41, 5.74) is 1.71. The van der Waals surface area contributed by atoms with Crippen LogP contribution in [0.25, 0.3) is 11.0 Å². The highest BCUT2D eigenvalue weighted by Crippen LogP contribution is 2.27. The number of hydrogen-bond acceptors (Lipinski definition) is 4. The number of carbonyl (C=O) groups is 2. The van der Waals surface area contributed by atoms with Gasteiger partial charge in [0, 0.05) is 18.0 Å². The number of furan rings is 1. The van der Waals surface area contributed by atoms with Gasteiger partial charge in [-0.2, -0.15) is 0 Å². The van der Waals surface area contributed by atoms with Crippen LogP contribution in [0.2, 0.25) is 0 Å². The van der Waals surface area contributed by atoms with Crippen molar-refractivity contribution in [3.63, 3.8) is 0 Å². The smallest absolute Gasteiger partial charge is 0.337 e. The molecule has 3 rings (SSSR count). The van der Waals surface area contributed by atoms with E-state index in [1.807, 2.05) is 37.3 Å². The molecule has 0 aliphatic heterocycles. The predicted octanol–water partition coefficient (Wildman–Crippen LogP) is 4.05. The SMILES string of the molecule is COC(=O)c1ccc(C(=O)N(C)C(C)c2cc3ccccc3o2)cc1. The fraction of sp³-hybridized carbons (Fsp3) is 0.200. The Bertz CT molecular complexity index is 878. The monoisotopic (exact) mass is 337 g/mol. The summed E-state index contributed by atoms with van der Waals surface area (Å²) < 4.78 is 10.5. The standard InChI is InChI=1S/C20H19NO4/c1-13(18-12-16-6-4-5-7-17(16)25-18)21(2)19(22)14-8-10-15(11-9-14)20(23)24-3/h4-13H,1-3H3. The van der Waals surface area contributed by atoms with Crippen LogP contribution in [-0.4, -0.2) is 30.9 Å². The lowest BCUT2D eigenvalue weighted by atomic mass is 10.1. The zero-order valence-corrected chi connectivity index (χ0v) is 14.4. The molecule has 128 valence electrons. The molecular weight excluding hydrogens is 318 g/mol. The van der Waals surface area contributed by atoms with Gasteiger partial charge in [-0.3, -0.25) is 4.79 Å². The number of amides is 1. The van der Waals surface area contributed by atoms with Crippen molar-refractivity contribution >= 4 is 22.8 Å². The Kier molecular flexibility index (Phi) is 4.57. The molecule has 1 heterocycles. The second-order valence-corrected chi connectivity index (χ2v) is 5.85. The summed E-state index contributed by atoms with van der Waals surface area (Å²) in [6.07, 6.45) is 0. The maximum Gasteiger partial charge on any atom is 0.337 e. The minimum Gasteiger partial charge on any atom is -0.465 e. The second kappa shape index (κ2) is 6.81. The van der Waals surface area contributed by atoms with Crippen molar-refractivity contribution in [2.45, 2.75) is 13.0 Å². The van der Waals surface area contributed by atoms with E-state index in [2.05, 4.69) is 4.74 Å². The lowest BCUT2D eigenvalue weighted by Crippen LogP contribution is -2.29. The number of methoxy groups -OCH3 is 1. The van der Waals surface area contributed by atoms with E-state index in [0.717, 1.165) is 16.7 Å². The maximum atomic E-state index is 12.7. The first-order valence-electron chi connectivity index (χ1n) is 7.95. The summed E-state index contributed by atoms with van der Waals surface area (Å²) >= 11 is 0. The molecule has 0 saturated heterocycles. The van der Waals surface area contributed by atoms with E-state index in [1.165, 1.54) is 7.11 Å². The molecule has 5 nitrogen and oxygen atoms in total. The third-order valence-corrected chi connectivity index (χ3v) is 4.31. The third kappa shape index (κ3) is 3.26. The number of hydrogen-bond donors (Lipinski definition) is 0. The van der Waals surface area contributed by atoms with Crippen molar-refractivity contribution in [1.29, 1.82) is 0 Å². The van der Waals surface area contributed by atoms with E-state index < -0.39 is 5.97 Å². The average molecular weight is 337 g/mol. The van der Waals surface area contributed by atoms with Crippen LogP contribution in [0.4, 0.5) is 0 Å². The largest absolute Gasteiger partial charge is 0.465 e. The van der Waals surface area contributed by atoms with Gasteiger partial charge < -0.3 is 14.1 Å². The highest BCUT2D eigenvalue weighted by atomic mass is 16.5. The Labute approximate surface area is 145 Å². The zero-order chi connectivity index (χ0) is 18.0. The highest BCUT2D eigenvalue weighted by molar-refractivity contribution is 5.96. The van der Waals surface area contributed by atoms with Crippen LogP contribution in [0.15, 0.2) is 59.0 Å². The van der Waals surface area contributed by atoms with E-state index in [1.54, 1.807) is 36.2 Å². The van der Waals surface area contributed by atoms with Gasteiger partial charge in [0.25, 0.3) is 5.91 Å². The molecule has 0 saturated carbocycles. The lowest BCUT2D eigenvalue weighted by Gasteiger charge is -2.23. The van der Waals surface area contributed by atoms with Gasteiger partial charge in [-0.15, -0.1) is 0 Å². The number of fused-ring (bicyclic) bond motifs is 1. The Morgan fingerprint density at radius 3 is 2.32 bits per heavy atom. The molecular formula is C20H19NO4. The maximum absolute atomic E-state index is 12.7.